The standard InChI is InChI=1S/C15H16N2O3S/c1-9-8-12(21-13(9)15(19)20)16-14(18)10-4-6-11(7-5-10)17(2)3/h4-8H,1-3H3,(H,16,18)(H,19,20). The van der Waals surface area contributed by atoms with Crippen molar-refractivity contribution in [2.45, 2.75) is 6.92 Å². The van der Waals surface area contributed by atoms with E-state index in [1.807, 2.05) is 31.1 Å². The minimum absolute atomic E-state index is 0.244. The molecule has 0 radical (unpaired) electrons. The van der Waals surface area contributed by atoms with E-state index in [2.05, 4.69) is 5.32 Å². The van der Waals surface area contributed by atoms with Crippen LogP contribution in [0.15, 0.2) is 30.3 Å². The number of nitrogens with one attached hydrogen (secondary N) is 1. The molecule has 0 saturated carbocycles. The van der Waals surface area contributed by atoms with Gasteiger partial charge < -0.3 is 15.3 Å². The monoisotopic (exact) mass is 304 g/mol. The normalized spacial score (nSPS) is 10.2. The fourth-order valence-electron chi connectivity index (χ4n) is 1.85. The summed E-state index contributed by atoms with van der Waals surface area (Å²) in [4.78, 5) is 25.3. The topological polar surface area (TPSA) is 69.6 Å². The van der Waals surface area contributed by atoms with Gasteiger partial charge in [0.15, 0.2) is 0 Å². The largest absolute Gasteiger partial charge is 0.477 e. The van der Waals surface area contributed by atoms with Gasteiger partial charge in [0.1, 0.15) is 4.88 Å². The molecule has 110 valence electrons. The number of hydrogen-bond acceptors (Lipinski definition) is 4. The lowest BCUT2D eigenvalue weighted by Gasteiger charge is -2.12. The first-order valence-electron chi connectivity index (χ1n) is 6.31. The summed E-state index contributed by atoms with van der Waals surface area (Å²) < 4.78 is 0. The Hall–Kier alpha value is -2.34. The van der Waals surface area contributed by atoms with Crippen LogP contribution in [0.4, 0.5) is 10.7 Å². The van der Waals surface area contributed by atoms with Crippen LogP contribution >= 0.6 is 11.3 Å². The molecule has 6 heteroatoms. The van der Waals surface area contributed by atoms with Gasteiger partial charge in [0.2, 0.25) is 0 Å². The Labute approximate surface area is 126 Å². The number of thiophene rings is 1. The molecule has 0 fully saturated rings. The third-order valence-corrected chi connectivity index (χ3v) is 4.14. The molecule has 2 N–H and O–H groups in total. The molecule has 0 unspecified atom stereocenters. The van der Waals surface area contributed by atoms with Gasteiger partial charge in [-0.3, -0.25) is 4.79 Å². The minimum Gasteiger partial charge on any atom is -0.477 e. The molecule has 1 heterocycles. The van der Waals surface area contributed by atoms with Crippen LogP contribution in [0, 0.1) is 6.92 Å². The van der Waals surface area contributed by atoms with E-state index < -0.39 is 5.97 Å². The van der Waals surface area contributed by atoms with Crippen LogP contribution in [0.3, 0.4) is 0 Å². The fraction of sp³-hybridized carbons (Fsp3) is 0.200. The molecule has 0 saturated heterocycles. The average molecular weight is 304 g/mol. The molecular formula is C15H16N2O3S. The number of benzene rings is 1. The van der Waals surface area contributed by atoms with Gasteiger partial charge in [0.25, 0.3) is 5.91 Å². The van der Waals surface area contributed by atoms with Crippen LogP contribution in [0.5, 0.6) is 0 Å². The van der Waals surface area contributed by atoms with Crippen molar-refractivity contribution in [2.24, 2.45) is 0 Å². The molecule has 1 aromatic carbocycles. The van der Waals surface area contributed by atoms with Crippen molar-refractivity contribution in [1.29, 1.82) is 0 Å². The van der Waals surface area contributed by atoms with E-state index in [0.29, 0.717) is 16.1 Å². The van der Waals surface area contributed by atoms with Crippen molar-refractivity contribution in [3.05, 3.63) is 46.3 Å². The summed E-state index contributed by atoms with van der Waals surface area (Å²) in [5, 5.41) is 12.3. The number of rotatable bonds is 4. The maximum atomic E-state index is 12.1. The van der Waals surface area contributed by atoms with Crippen molar-refractivity contribution in [3.63, 3.8) is 0 Å². The van der Waals surface area contributed by atoms with Crippen LogP contribution in [-0.2, 0) is 0 Å². The summed E-state index contributed by atoms with van der Waals surface area (Å²) in [7, 11) is 3.86. The molecule has 0 atom stereocenters. The second-order valence-electron chi connectivity index (χ2n) is 4.82. The first kappa shape index (κ1) is 15.1. The Morgan fingerprint density at radius 2 is 1.81 bits per heavy atom. The molecule has 21 heavy (non-hydrogen) atoms. The SMILES string of the molecule is Cc1cc(NC(=O)c2ccc(N(C)C)cc2)sc1C(=O)O. The van der Waals surface area contributed by atoms with E-state index in [0.717, 1.165) is 17.0 Å². The minimum atomic E-state index is -0.978. The van der Waals surface area contributed by atoms with E-state index in [1.165, 1.54) is 0 Å². The number of carboxylic acids is 1. The molecule has 5 nitrogen and oxygen atoms in total. The number of aryl methyl sites for hydroxylation is 1. The quantitative estimate of drug-likeness (QED) is 0.910. The summed E-state index contributed by atoms with van der Waals surface area (Å²) in [6.07, 6.45) is 0. The lowest BCUT2D eigenvalue weighted by atomic mass is 10.2. The third kappa shape index (κ3) is 3.41. The van der Waals surface area contributed by atoms with E-state index >= 15 is 0 Å². The lowest BCUT2D eigenvalue weighted by molar-refractivity contribution is 0.0701. The van der Waals surface area contributed by atoms with Gasteiger partial charge >= 0.3 is 5.97 Å². The number of carbonyl (C=O) groups is 2. The van der Waals surface area contributed by atoms with E-state index in [9.17, 15) is 9.59 Å². The van der Waals surface area contributed by atoms with Gasteiger partial charge in [-0.1, -0.05) is 0 Å². The summed E-state index contributed by atoms with van der Waals surface area (Å²) in [5.41, 5.74) is 2.18. The van der Waals surface area contributed by atoms with Gasteiger partial charge in [-0.05, 0) is 42.8 Å². The molecule has 0 aliphatic heterocycles. The Morgan fingerprint density at radius 1 is 1.19 bits per heavy atom. The summed E-state index contributed by atoms with van der Waals surface area (Å²) >= 11 is 1.06. The van der Waals surface area contributed by atoms with Gasteiger partial charge in [0, 0.05) is 25.3 Å². The lowest BCUT2D eigenvalue weighted by Crippen LogP contribution is -2.12. The molecule has 2 aromatic rings. The Kier molecular flexibility index (Phi) is 4.28. The highest BCUT2D eigenvalue weighted by Crippen LogP contribution is 2.27. The number of anilines is 2. The van der Waals surface area contributed by atoms with E-state index in [4.69, 9.17) is 5.11 Å². The molecule has 0 bridgehead atoms. The molecule has 0 spiro atoms. The Bertz CT molecular complexity index is 675. The average Bonchev–Trinajstić information content (AvgIpc) is 2.79. The number of aromatic carboxylic acids is 1. The molecule has 0 aliphatic rings. The van der Waals surface area contributed by atoms with Crippen LogP contribution in [0.25, 0.3) is 0 Å². The van der Waals surface area contributed by atoms with Gasteiger partial charge in [-0.2, -0.15) is 0 Å². The first-order chi connectivity index (χ1) is 9.88. The maximum absolute atomic E-state index is 12.1. The third-order valence-electron chi connectivity index (χ3n) is 2.99. The van der Waals surface area contributed by atoms with Crippen molar-refractivity contribution >= 4 is 33.9 Å². The molecule has 0 aliphatic carbocycles. The maximum Gasteiger partial charge on any atom is 0.346 e. The zero-order chi connectivity index (χ0) is 15.6. The highest BCUT2D eigenvalue weighted by molar-refractivity contribution is 7.18. The van der Waals surface area contributed by atoms with Gasteiger partial charge in [-0.15, -0.1) is 11.3 Å². The number of carboxylic acid groups (broad SMARTS) is 1. The van der Waals surface area contributed by atoms with E-state index in [1.54, 1.807) is 25.1 Å². The summed E-state index contributed by atoms with van der Waals surface area (Å²) in [5.74, 6) is -1.23. The molecule has 1 aromatic heterocycles. The highest BCUT2D eigenvalue weighted by Gasteiger charge is 2.14. The Morgan fingerprint density at radius 3 is 2.29 bits per heavy atom. The number of amides is 1. The Balaban J connectivity index is 2.14. The predicted molar refractivity (Wildman–Crippen MR) is 84.7 cm³/mol. The zero-order valence-electron chi connectivity index (χ0n) is 12.0. The van der Waals surface area contributed by atoms with Gasteiger partial charge in [0.05, 0.1) is 5.00 Å². The van der Waals surface area contributed by atoms with Crippen LogP contribution in [-0.4, -0.2) is 31.1 Å². The zero-order valence-corrected chi connectivity index (χ0v) is 12.8. The van der Waals surface area contributed by atoms with Crippen molar-refractivity contribution < 1.29 is 14.7 Å². The number of carbonyl (C=O) groups excluding carboxylic acids is 1. The predicted octanol–water partition coefficient (Wildman–Crippen LogP) is 3.07. The van der Waals surface area contributed by atoms with Crippen molar-refractivity contribution in [1.82, 2.24) is 0 Å². The highest BCUT2D eigenvalue weighted by atomic mass is 32.1. The smallest absolute Gasteiger partial charge is 0.346 e. The van der Waals surface area contributed by atoms with E-state index in [-0.39, 0.29) is 10.8 Å². The summed E-state index contributed by atoms with van der Waals surface area (Å²) in [6, 6.07) is 8.86. The van der Waals surface area contributed by atoms with Crippen LogP contribution in [0.2, 0.25) is 0 Å². The second kappa shape index (κ2) is 5.97. The number of hydrogen-bond donors (Lipinski definition) is 2. The van der Waals surface area contributed by atoms with Gasteiger partial charge in [-0.25, -0.2) is 4.79 Å². The fourth-order valence-corrected chi connectivity index (χ4v) is 2.76. The molecular weight excluding hydrogens is 288 g/mol. The van der Waals surface area contributed by atoms with Crippen LogP contribution < -0.4 is 10.2 Å². The van der Waals surface area contributed by atoms with Crippen LogP contribution in [0.1, 0.15) is 25.6 Å². The number of nitrogens with zero attached hydrogens (tertiary/aromatic N) is 1. The molecule has 1 amide bonds. The first-order valence-corrected chi connectivity index (χ1v) is 7.12. The van der Waals surface area contributed by atoms with Crippen molar-refractivity contribution in [3.8, 4) is 0 Å². The van der Waals surface area contributed by atoms with Crippen molar-refractivity contribution in [2.75, 3.05) is 24.3 Å². The summed E-state index contributed by atoms with van der Waals surface area (Å²) in [6.45, 7) is 1.71. The molecule has 2 rings (SSSR count). The second-order valence-corrected chi connectivity index (χ2v) is 5.88.